The van der Waals surface area contributed by atoms with Crippen LogP contribution < -0.4 is 24.6 Å². The van der Waals surface area contributed by atoms with Crippen LogP contribution in [0.2, 0.25) is 0 Å². The number of hydrogen-bond donors (Lipinski definition) is 2. The number of imide groups is 1. The van der Waals surface area contributed by atoms with Gasteiger partial charge in [0.05, 0.1) is 24.1 Å². The van der Waals surface area contributed by atoms with E-state index in [2.05, 4.69) is 47.1 Å². The largest absolute Gasteiger partial charge is 0.492 e. The summed E-state index contributed by atoms with van der Waals surface area (Å²) in [5.74, 6) is 1.22. The number of piperidine rings is 2. The molecule has 0 radical (unpaired) electrons. The maximum Gasteiger partial charge on any atom is 0.243 e. The first kappa shape index (κ1) is 39.5. The second kappa shape index (κ2) is 16.4. The number of likely N-dealkylation sites (tertiary alicyclic amines) is 1. The van der Waals surface area contributed by atoms with Gasteiger partial charge in [-0.1, -0.05) is 11.2 Å². The summed E-state index contributed by atoms with van der Waals surface area (Å²) in [6, 6.07) is 17.5. The predicted molar refractivity (Wildman–Crippen MR) is 231 cm³/mol. The Balaban J connectivity index is 0.714. The normalized spacial score (nSPS) is 21.7. The van der Waals surface area contributed by atoms with E-state index in [9.17, 15) is 18.6 Å². The highest BCUT2D eigenvalue weighted by Crippen LogP contribution is 2.44. The van der Waals surface area contributed by atoms with E-state index in [4.69, 9.17) is 9.26 Å². The molecule has 0 bridgehead atoms. The lowest BCUT2D eigenvalue weighted by Gasteiger charge is -2.55. The number of aromatic nitrogens is 3. The molecule has 1 spiro atoms. The molecule has 0 aliphatic carbocycles. The van der Waals surface area contributed by atoms with E-state index < -0.39 is 17.0 Å². The van der Waals surface area contributed by atoms with Gasteiger partial charge in [0.2, 0.25) is 11.8 Å². The number of fused-ring (bicyclic) bond motifs is 3. The van der Waals surface area contributed by atoms with E-state index in [0.29, 0.717) is 65.7 Å². The summed E-state index contributed by atoms with van der Waals surface area (Å²) in [6.45, 7) is 8.83. The van der Waals surface area contributed by atoms with E-state index in [0.717, 1.165) is 104 Å². The highest BCUT2D eigenvalue weighted by Gasteiger charge is 2.45. The summed E-state index contributed by atoms with van der Waals surface area (Å²) in [4.78, 5) is 46.2. The van der Waals surface area contributed by atoms with Gasteiger partial charge in [0.1, 0.15) is 17.4 Å². The summed E-state index contributed by atoms with van der Waals surface area (Å²) in [5, 5.41) is 11.8. The zero-order valence-corrected chi connectivity index (χ0v) is 35.2. The first-order chi connectivity index (χ1) is 29.7. The Labute approximate surface area is 356 Å². The second-order valence-corrected chi connectivity index (χ2v) is 18.8. The Bertz CT molecular complexity index is 2490. The molecule has 61 heavy (non-hydrogen) atoms. The number of anilines is 3. The van der Waals surface area contributed by atoms with Crippen LogP contribution in [-0.2, 0) is 40.1 Å². The van der Waals surface area contributed by atoms with Crippen molar-refractivity contribution in [2.75, 3.05) is 74.0 Å². The van der Waals surface area contributed by atoms with Gasteiger partial charge in [-0.15, -0.1) is 0 Å². The number of carbonyl (C=O) groups is 3. The molecule has 3 unspecified atom stereocenters. The van der Waals surface area contributed by atoms with Gasteiger partial charge in [-0.05, 0) is 111 Å². The van der Waals surface area contributed by atoms with Crippen molar-refractivity contribution >= 4 is 57.2 Å². The number of ether oxygens (including phenoxy) is 1. The summed E-state index contributed by atoms with van der Waals surface area (Å²) in [5.41, 5.74) is 6.78. The fraction of sp³-hybridized carbons (Fsp3) is 0.444. The van der Waals surface area contributed by atoms with E-state index in [1.165, 1.54) is 12.8 Å². The van der Waals surface area contributed by atoms with Gasteiger partial charge in [0, 0.05) is 92.4 Å². The van der Waals surface area contributed by atoms with Gasteiger partial charge in [-0.2, -0.15) is 5.10 Å². The molecule has 0 saturated carbocycles. The van der Waals surface area contributed by atoms with E-state index in [1.54, 1.807) is 6.20 Å². The molecule has 3 aromatic carbocycles. The average molecular weight is 846 g/mol. The van der Waals surface area contributed by atoms with Crippen LogP contribution in [0.1, 0.15) is 59.2 Å². The quantitative estimate of drug-likeness (QED) is 0.125. The molecule has 4 fully saturated rings. The zero-order chi connectivity index (χ0) is 41.7. The monoisotopic (exact) mass is 845 g/mol. The van der Waals surface area contributed by atoms with Crippen LogP contribution in [0.15, 0.2) is 76.4 Å². The number of amides is 2. The number of aldehydes is 1. The topological polar surface area (TPSA) is 158 Å². The zero-order valence-electron chi connectivity index (χ0n) is 34.4. The number of carbonyl (C=O) groups excluding carboxylic acids is 3. The van der Waals surface area contributed by atoms with Gasteiger partial charge in [-0.25, -0.2) is 4.21 Å². The van der Waals surface area contributed by atoms with Crippen molar-refractivity contribution in [3.63, 3.8) is 0 Å². The van der Waals surface area contributed by atoms with Crippen molar-refractivity contribution in [1.29, 1.82) is 0 Å². The molecule has 2 amide bonds. The number of rotatable bonds is 13. The van der Waals surface area contributed by atoms with Crippen molar-refractivity contribution < 1.29 is 27.9 Å². The van der Waals surface area contributed by atoms with Gasteiger partial charge in [0.25, 0.3) is 0 Å². The van der Waals surface area contributed by atoms with Crippen molar-refractivity contribution in [2.45, 2.75) is 62.6 Å². The molecule has 4 saturated heterocycles. The highest BCUT2D eigenvalue weighted by molar-refractivity contribution is 7.86. The molecule has 7 heterocycles. The van der Waals surface area contributed by atoms with Crippen LogP contribution >= 0.6 is 0 Å². The first-order valence-electron chi connectivity index (χ1n) is 21.4. The van der Waals surface area contributed by atoms with Crippen LogP contribution in [0.4, 0.5) is 17.2 Å². The SMILES string of the molecule is CN(Cc1cc(N2CCC(CN3CCC4(CC3)CN(c3cccc(S(=O)Nc5noc6cc(Cn7cccn7)c7c(c56)OCC7)c3)C4)C2)ccc1C=O)C1CCC(=O)NC1=O. The maximum absolute atomic E-state index is 13.7. The van der Waals surface area contributed by atoms with Crippen LogP contribution in [0, 0.1) is 11.3 Å². The third-order valence-corrected chi connectivity index (χ3v) is 14.6. The Hall–Kier alpha value is -5.58. The Morgan fingerprint density at radius 2 is 1.85 bits per heavy atom. The van der Waals surface area contributed by atoms with Crippen molar-refractivity contribution in [3.8, 4) is 5.75 Å². The van der Waals surface area contributed by atoms with Crippen molar-refractivity contribution in [2.24, 2.45) is 11.3 Å². The third kappa shape index (κ3) is 7.92. The van der Waals surface area contributed by atoms with E-state index >= 15 is 0 Å². The molecule has 2 aromatic heterocycles. The Morgan fingerprint density at radius 3 is 2.66 bits per heavy atom. The molecule has 2 N–H and O–H groups in total. The first-order valence-corrected chi connectivity index (χ1v) is 22.5. The lowest BCUT2D eigenvalue weighted by molar-refractivity contribution is -0.137. The highest BCUT2D eigenvalue weighted by atomic mass is 32.2. The molecular weight excluding hydrogens is 795 g/mol. The molecule has 15 nitrogen and oxygen atoms in total. The maximum atomic E-state index is 13.7. The van der Waals surface area contributed by atoms with Crippen LogP contribution in [0.25, 0.3) is 11.0 Å². The second-order valence-electron chi connectivity index (χ2n) is 17.6. The molecule has 16 heteroatoms. The number of hydrogen-bond acceptors (Lipinski definition) is 12. The fourth-order valence-corrected chi connectivity index (χ4v) is 11.0. The lowest BCUT2D eigenvalue weighted by Crippen LogP contribution is -2.60. The number of nitrogens with zero attached hydrogens (tertiary/aromatic N) is 7. The van der Waals surface area contributed by atoms with Crippen LogP contribution in [0.5, 0.6) is 5.75 Å². The molecular formula is C45H51N9O6S. The van der Waals surface area contributed by atoms with Crippen molar-refractivity contribution in [1.82, 2.24) is 30.1 Å². The number of likely N-dealkylation sites (N-methyl/N-ethyl adjacent to an activating group) is 1. The standard InChI is InChI=1S/C45H51N9O6S/c1-50(38-8-9-40(56)47-44(38)57)25-32-20-35(7-6-31(32)27-55)52-16-10-30(24-52)23-51-17-12-45(13-18-51)28-53(29-45)34-4-2-5-36(22-34)61(58)49-43-41-39(60-48-43)21-33(26-54-15-3-14-46-54)37-11-19-59-42(37)41/h2-7,14-15,20-22,27,30,38H,8-13,16-19,23-26,28-29H2,1H3,(H,48,49)(H,47,56,57). The Kier molecular flexibility index (Phi) is 10.6. The van der Waals surface area contributed by atoms with Crippen LogP contribution in [0.3, 0.4) is 0 Å². The predicted octanol–water partition coefficient (Wildman–Crippen LogP) is 4.62. The average Bonchev–Trinajstić information content (AvgIpc) is 4.09. The minimum atomic E-state index is -1.56. The molecule has 10 rings (SSSR count). The Morgan fingerprint density at radius 1 is 1.00 bits per heavy atom. The summed E-state index contributed by atoms with van der Waals surface area (Å²) in [6.07, 6.45) is 9.62. The molecule has 3 atom stereocenters. The van der Waals surface area contributed by atoms with E-state index in [1.807, 2.05) is 65.3 Å². The third-order valence-electron chi connectivity index (χ3n) is 13.5. The number of benzene rings is 3. The summed E-state index contributed by atoms with van der Waals surface area (Å²) >= 11 is 0. The summed E-state index contributed by atoms with van der Waals surface area (Å²) < 4.78 is 30.5. The molecule has 5 aliphatic rings. The fourth-order valence-electron chi connectivity index (χ4n) is 10.1. The minimum absolute atomic E-state index is 0.231. The van der Waals surface area contributed by atoms with Crippen molar-refractivity contribution in [3.05, 3.63) is 89.2 Å². The van der Waals surface area contributed by atoms with Gasteiger partial charge < -0.3 is 24.0 Å². The van der Waals surface area contributed by atoms with Crippen LogP contribution in [-0.4, -0.2) is 113 Å². The van der Waals surface area contributed by atoms with Gasteiger partial charge in [0.15, 0.2) is 22.4 Å². The smallest absolute Gasteiger partial charge is 0.243 e. The molecule has 318 valence electrons. The molecule has 5 aromatic rings. The number of nitrogens with one attached hydrogen (secondary N) is 2. The van der Waals surface area contributed by atoms with Gasteiger partial charge in [-0.3, -0.25) is 34.0 Å². The van der Waals surface area contributed by atoms with E-state index in [-0.39, 0.29) is 11.8 Å². The summed E-state index contributed by atoms with van der Waals surface area (Å²) in [7, 11) is 0.312. The minimum Gasteiger partial charge on any atom is -0.492 e. The molecule has 5 aliphatic heterocycles. The van der Waals surface area contributed by atoms with Gasteiger partial charge >= 0.3 is 0 Å². The lowest BCUT2D eigenvalue weighted by atomic mass is 9.71.